The van der Waals surface area contributed by atoms with Crippen molar-refractivity contribution in [1.82, 2.24) is 15.1 Å². The molecule has 0 saturated heterocycles. The van der Waals surface area contributed by atoms with Gasteiger partial charge in [0, 0.05) is 35.1 Å². The van der Waals surface area contributed by atoms with Crippen molar-refractivity contribution in [2.45, 2.75) is 64.9 Å². The van der Waals surface area contributed by atoms with E-state index in [9.17, 15) is 5.11 Å². The maximum atomic E-state index is 12.3. The summed E-state index contributed by atoms with van der Waals surface area (Å²) in [4.78, 5) is 12.9. The van der Waals surface area contributed by atoms with Crippen LogP contribution in [0.2, 0.25) is 0 Å². The number of aryl methyl sites for hydroxylation is 2. The number of imidazole rings is 1. The van der Waals surface area contributed by atoms with Crippen LogP contribution in [0.25, 0.3) is 22.2 Å². The Morgan fingerprint density at radius 3 is 2.70 bits per heavy atom. The number of benzene rings is 1. The lowest BCUT2D eigenvalue weighted by Gasteiger charge is -2.31. The van der Waals surface area contributed by atoms with Crippen LogP contribution in [0, 0.1) is 13.8 Å². The molecule has 4 rings (SSSR count). The van der Waals surface area contributed by atoms with Crippen molar-refractivity contribution in [2.24, 2.45) is 16.5 Å². The first-order valence-corrected chi connectivity index (χ1v) is 11.4. The molecule has 2 aromatic heterocycles. The van der Waals surface area contributed by atoms with Gasteiger partial charge < -0.3 is 26.1 Å². The van der Waals surface area contributed by atoms with E-state index in [0.717, 1.165) is 47.4 Å². The quantitative estimate of drug-likeness (QED) is 0.376. The summed E-state index contributed by atoms with van der Waals surface area (Å²) >= 11 is 0. The van der Waals surface area contributed by atoms with Gasteiger partial charge in [0.25, 0.3) is 0 Å². The van der Waals surface area contributed by atoms with E-state index in [1.807, 2.05) is 32.9 Å². The minimum absolute atomic E-state index is 0.285. The van der Waals surface area contributed by atoms with Crippen LogP contribution in [0.4, 0.5) is 0 Å². The van der Waals surface area contributed by atoms with E-state index in [1.165, 1.54) is 12.4 Å². The first-order valence-electron chi connectivity index (χ1n) is 11.4. The molecule has 0 radical (unpaired) electrons. The molecule has 1 unspecified atom stereocenters. The minimum Gasteiger partial charge on any atom is -0.403 e. The predicted octanol–water partition coefficient (Wildman–Crippen LogP) is 4.43. The number of nitrogens with one attached hydrogen (secondary N) is 1. The zero-order valence-electron chi connectivity index (χ0n) is 19.6. The largest absolute Gasteiger partial charge is 0.403 e. The van der Waals surface area contributed by atoms with E-state index in [0.29, 0.717) is 34.9 Å². The molecule has 0 bridgehead atoms. The predicted molar refractivity (Wildman–Crippen MR) is 131 cm³/mol. The van der Waals surface area contributed by atoms with Gasteiger partial charge in [-0.1, -0.05) is 24.6 Å². The van der Waals surface area contributed by atoms with Crippen molar-refractivity contribution in [3.63, 3.8) is 0 Å². The molecule has 33 heavy (non-hydrogen) atoms. The van der Waals surface area contributed by atoms with Gasteiger partial charge >= 0.3 is 0 Å². The van der Waals surface area contributed by atoms with Gasteiger partial charge in [-0.15, -0.1) is 0 Å². The number of nitrogens with two attached hydrogens (primary N) is 2. The summed E-state index contributed by atoms with van der Waals surface area (Å²) in [5.74, 6) is 2.05. The molecule has 0 spiro atoms. The van der Waals surface area contributed by atoms with Crippen LogP contribution < -0.4 is 11.5 Å². The summed E-state index contributed by atoms with van der Waals surface area (Å²) in [5, 5.41) is 16.4. The van der Waals surface area contributed by atoms with Gasteiger partial charge in [-0.25, -0.2) is 4.98 Å². The third-order valence-electron chi connectivity index (χ3n) is 6.23. The second kappa shape index (κ2) is 8.86. The Kier molecular flexibility index (Phi) is 6.12. The Morgan fingerprint density at radius 1 is 1.36 bits per heavy atom. The van der Waals surface area contributed by atoms with E-state index < -0.39 is 5.60 Å². The highest BCUT2D eigenvalue weighted by atomic mass is 16.5. The van der Waals surface area contributed by atoms with Crippen LogP contribution in [0.3, 0.4) is 0 Å². The smallest absolute Gasteiger partial charge is 0.169 e. The molecular weight excluding hydrogens is 416 g/mol. The summed E-state index contributed by atoms with van der Waals surface area (Å²) in [7, 11) is 0. The topological polar surface area (TPSA) is 139 Å². The number of allylic oxidation sites excluding steroid dienone is 1. The van der Waals surface area contributed by atoms with Gasteiger partial charge in [0.15, 0.2) is 5.60 Å². The SMILES string of the molecule is C/C=C(\N)C(O)(C(CCC)=N/C=C\N)c1cc(-c2c(C)noc2C)cc2[nH]c(C3CC3)nc12. The highest BCUT2D eigenvalue weighted by Crippen LogP contribution is 2.43. The normalized spacial score (nSPS) is 17.2. The molecule has 1 saturated carbocycles. The lowest BCUT2D eigenvalue weighted by atomic mass is 9.81. The van der Waals surface area contributed by atoms with E-state index in [-0.39, 0.29) is 5.70 Å². The number of aromatic amines is 1. The van der Waals surface area contributed by atoms with Gasteiger partial charge in [0.2, 0.25) is 0 Å². The zero-order valence-corrected chi connectivity index (χ0v) is 19.6. The number of fused-ring (bicyclic) bond motifs is 1. The van der Waals surface area contributed by atoms with Gasteiger partial charge in [-0.3, -0.25) is 4.99 Å². The van der Waals surface area contributed by atoms with Crippen LogP contribution >= 0.6 is 0 Å². The third-order valence-corrected chi connectivity index (χ3v) is 6.23. The van der Waals surface area contributed by atoms with Gasteiger partial charge in [0.1, 0.15) is 11.6 Å². The van der Waals surface area contributed by atoms with Crippen molar-refractivity contribution in [1.29, 1.82) is 0 Å². The maximum absolute atomic E-state index is 12.3. The molecule has 8 heteroatoms. The first-order chi connectivity index (χ1) is 15.8. The Morgan fingerprint density at radius 2 is 2.12 bits per heavy atom. The highest BCUT2D eigenvalue weighted by molar-refractivity contribution is 6.01. The molecule has 1 aromatic carbocycles. The second-order valence-corrected chi connectivity index (χ2v) is 8.64. The van der Waals surface area contributed by atoms with Crippen LogP contribution in [-0.2, 0) is 5.60 Å². The van der Waals surface area contributed by atoms with Gasteiger partial charge in [0.05, 0.1) is 22.4 Å². The zero-order chi connectivity index (χ0) is 23.8. The lowest BCUT2D eigenvalue weighted by Crippen LogP contribution is -2.41. The van der Waals surface area contributed by atoms with Crippen molar-refractivity contribution >= 4 is 16.7 Å². The summed E-state index contributed by atoms with van der Waals surface area (Å²) in [5.41, 5.74) is 15.8. The Hall–Kier alpha value is -3.39. The lowest BCUT2D eigenvalue weighted by molar-refractivity contribution is 0.148. The molecule has 0 aliphatic heterocycles. The average molecular weight is 449 g/mol. The van der Waals surface area contributed by atoms with Gasteiger partial charge in [-0.05, 0) is 57.7 Å². The van der Waals surface area contributed by atoms with Crippen molar-refractivity contribution in [3.05, 3.63) is 59.1 Å². The summed E-state index contributed by atoms with van der Waals surface area (Å²) in [6.07, 6.45) is 8.06. The first kappa shape index (κ1) is 22.8. The van der Waals surface area contributed by atoms with E-state index >= 15 is 0 Å². The summed E-state index contributed by atoms with van der Waals surface area (Å²) in [6, 6.07) is 3.97. The molecule has 1 atom stereocenters. The number of hydrogen-bond donors (Lipinski definition) is 4. The van der Waals surface area contributed by atoms with Crippen LogP contribution in [0.1, 0.15) is 68.3 Å². The van der Waals surface area contributed by atoms with Crippen LogP contribution in [0.5, 0.6) is 0 Å². The molecule has 1 fully saturated rings. The molecule has 6 N–H and O–H groups in total. The maximum Gasteiger partial charge on any atom is 0.169 e. The Labute approximate surface area is 193 Å². The standard InChI is InChI=1S/C25H32N6O2/c1-5-7-21(28-11-10-26)25(32,20(27)6-2)18-12-17(22-14(3)31-33-15(22)4)13-19-23(18)30-24(29-19)16-8-9-16/h6,10-13,16,32H,5,7-9,26-27H2,1-4H3,(H,29,30)/b11-10-,20-6-,28-21?. The fraction of sp³-hybridized carbons (Fsp3) is 0.400. The molecule has 1 aliphatic rings. The molecule has 0 amide bonds. The molecule has 174 valence electrons. The van der Waals surface area contributed by atoms with Gasteiger partial charge in [-0.2, -0.15) is 0 Å². The molecule has 1 aliphatic carbocycles. The number of aliphatic imine (C=N–C) groups is 1. The van der Waals surface area contributed by atoms with Crippen LogP contribution in [-0.4, -0.2) is 25.9 Å². The molecule has 8 nitrogen and oxygen atoms in total. The summed E-state index contributed by atoms with van der Waals surface area (Å²) < 4.78 is 5.43. The van der Waals surface area contributed by atoms with Crippen molar-refractivity contribution in [3.8, 4) is 11.1 Å². The fourth-order valence-corrected chi connectivity index (χ4v) is 4.40. The fourth-order valence-electron chi connectivity index (χ4n) is 4.40. The highest BCUT2D eigenvalue weighted by Gasteiger charge is 2.41. The summed E-state index contributed by atoms with van der Waals surface area (Å²) in [6.45, 7) is 7.62. The number of aromatic nitrogens is 3. The average Bonchev–Trinajstić information content (AvgIpc) is 3.49. The molecule has 2 heterocycles. The Balaban J connectivity index is 2.07. The van der Waals surface area contributed by atoms with E-state index in [1.54, 1.807) is 13.0 Å². The second-order valence-electron chi connectivity index (χ2n) is 8.64. The number of aliphatic hydroxyl groups is 1. The third kappa shape index (κ3) is 3.95. The molecular formula is C25H32N6O2. The van der Waals surface area contributed by atoms with E-state index in [4.69, 9.17) is 21.0 Å². The minimum atomic E-state index is -1.66. The molecule has 3 aromatic rings. The number of H-pyrrole nitrogens is 1. The number of hydrogen-bond acceptors (Lipinski definition) is 7. The number of nitrogens with zero attached hydrogens (tertiary/aromatic N) is 3. The Bertz CT molecular complexity index is 1240. The van der Waals surface area contributed by atoms with Crippen molar-refractivity contribution in [2.75, 3.05) is 0 Å². The van der Waals surface area contributed by atoms with E-state index in [2.05, 4.69) is 15.1 Å². The van der Waals surface area contributed by atoms with Crippen LogP contribution in [0.15, 0.2) is 45.8 Å². The monoisotopic (exact) mass is 448 g/mol. The number of rotatable bonds is 8. The van der Waals surface area contributed by atoms with Crippen molar-refractivity contribution < 1.29 is 9.63 Å².